The van der Waals surface area contributed by atoms with Crippen molar-refractivity contribution in [1.29, 1.82) is 0 Å². The van der Waals surface area contributed by atoms with Crippen LogP contribution in [0.3, 0.4) is 0 Å². The number of carbonyl (C=O) groups excluding carboxylic acids is 1. The van der Waals surface area contributed by atoms with Gasteiger partial charge in [0.15, 0.2) is 0 Å². The molecule has 1 amide bonds. The fourth-order valence-corrected chi connectivity index (χ4v) is 1.06. The maximum Gasteiger partial charge on any atom is 0.407 e. The first-order valence-corrected chi connectivity index (χ1v) is 5.55. The number of ether oxygens (including phenoxy) is 1. The molecule has 0 rings (SSSR count). The molecule has 0 unspecified atom stereocenters. The molecule has 0 heterocycles. The Balaban J connectivity index is 4.17. The minimum atomic E-state index is -0.478. The monoisotopic (exact) mass is 238 g/mol. The second kappa shape index (κ2) is 6.89. The van der Waals surface area contributed by atoms with Crippen LogP contribution in [0, 0.1) is 0 Å². The lowest BCUT2D eigenvalue weighted by Gasteiger charge is -2.19. The first kappa shape index (κ1) is 15.4. The van der Waals surface area contributed by atoms with Crippen molar-refractivity contribution in [1.82, 2.24) is 5.32 Å². The van der Waals surface area contributed by atoms with E-state index in [-0.39, 0.29) is 0 Å². The van der Waals surface area contributed by atoms with Crippen LogP contribution in [-0.2, 0) is 4.74 Å². The van der Waals surface area contributed by atoms with E-state index in [9.17, 15) is 4.79 Å². The maximum absolute atomic E-state index is 11.4. The third-order valence-electron chi connectivity index (χ3n) is 1.61. The minimum Gasteiger partial charge on any atom is -0.444 e. The summed E-state index contributed by atoms with van der Waals surface area (Å²) < 4.78 is 5.10. The number of nitrogens with one attached hydrogen (secondary N) is 1. The van der Waals surface area contributed by atoms with E-state index in [1.807, 2.05) is 34.6 Å². The van der Waals surface area contributed by atoms with Gasteiger partial charge in [-0.15, -0.1) is 0 Å². The summed E-state index contributed by atoms with van der Waals surface area (Å²) in [5.74, 6) is 0. The van der Waals surface area contributed by atoms with Gasteiger partial charge in [-0.2, -0.15) is 0 Å². The normalized spacial score (nSPS) is 13.2. The zero-order valence-corrected chi connectivity index (χ0v) is 11.3. The number of nitrogens with zero attached hydrogens (tertiary/aromatic N) is 1. The van der Waals surface area contributed by atoms with Gasteiger partial charge in [0.05, 0.1) is 6.54 Å². The zero-order valence-electron chi connectivity index (χ0n) is 11.3. The summed E-state index contributed by atoms with van der Waals surface area (Å²) in [5, 5.41) is 2.64. The van der Waals surface area contributed by atoms with Gasteiger partial charge in [0.1, 0.15) is 5.60 Å². The Hall–Kier alpha value is -1.58. The lowest BCUT2D eigenvalue weighted by Crippen LogP contribution is -2.34. The summed E-state index contributed by atoms with van der Waals surface area (Å²) in [4.78, 5) is 15.6. The van der Waals surface area contributed by atoms with Crippen molar-refractivity contribution in [2.24, 2.45) is 4.99 Å². The summed E-state index contributed by atoms with van der Waals surface area (Å²) in [5.41, 5.74) is 1.18. The molecule has 0 radical (unpaired) electrons. The topological polar surface area (TPSA) is 50.7 Å². The van der Waals surface area contributed by atoms with E-state index in [0.717, 1.165) is 11.4 Å². The van der Waals surface area contributed by atoms with Crippen molar-refractivity contribution >= 4 is 11.8 Å². The van der Waals surface area contributed by atoms with Gasteiger partial charge >= 0.3 is 6.09 Å². The molecule has 0 spiro atoms. The van der Waals surface area contributed by atoms with Crippen molar-refractivity contribution < 1.29 is 9.53 Å². The van der Waals surface area contributed by atoms with Gasteiger partial charge in [-0.1, -0.05) is 12.7 Å². The van der Waals surface area contributed by atoms with Gasteiger partial charge in [0.2, 0.25) is 0 Å². The molecule has 0 bridgehead atoms. The van der Waals surface area contributed by atoms with Crippen LogP contribution in [0.4, 0.5) is 4.79 Å². The van der Waals surface area contributed by atoms with Gasteiger partial charge in [-0.05, 0) is 40.7 Å². The van der Waals surface area contributed by atoms with Crippen molar-refractivity contribution in [2.75, 3.05) is 6.54 Å². The van der Waals surface area contributed by atoms with Crippen molar-refractivity contribution in [3.63, 3.8) is 0 Å². The second-order valence-corrected chi connectivity index (χ2v) is 4.75. The third-order valence-corrected chi connectivity index (χ3v) is 1.61. The molecule has 0 saturated heterocycles. The number of hydrogen-bond acceptors (Lipinski definition) is 3. The molecule has 96 valence electrons. The van der Waals surface area contributed by atoms with Gasteiger partial charge in [0, 0.05) is 11.4 Å². The standard InChI is InChI=1S/C13H22N2O2/c1-7-8-10(2)15-11(3)9-14-12(16)17-13(4,5)6/h7-8H,1,9H2,2-6H3,(H,14,16)/b10-8-,15-11?. The quantitative estimate of drug-likeness (QED) is 0.604. The molecule has 0 aliphatic heterocycles. The van der Waals surface area contributed by atoms with Crippen LogP contribution in [0.1, 0.15) is 34.6 Å². The van der Waals surface area contributed by atoms with E-state index < -0.39 is 11.7 Å². The fraction of sp³-hybridized carbons (Fsp3) is 0.538. The Morgan fingerprint density at radius 2 is 2.00 bits per heavy atom. The highest BCUT2D eigenvalue weighted by atomic mass is 16.6. The van der Waals surface area contributed by atoms with Crippen molar-refractivity contribution in [2.45, 2.75) is 40.2 Å². The first-order valence-electron chi connectivity index (χ1n) is 5.55. The second-order valence-electron chi connectivity index (χ2n) is 4.75. The van der Waals surface area contributed by atoms with E-state index in [2.05, 4.69) is 16.9 Å². The highest BCUT2D eigenvalue weighted by Gasteiger charge is 2.15. The molecule has 4 heteroatoms. The predicted molar refractivity (Wildman–Crippen MR) is 71.3 cm³/mol. The van der Waals surface area contributed by atoms with Crippen molar-refractivity contribution in [3.8, 4) is 0 Å². The van der Waals surface area contributed by atoms with E-state index >= 15 is 0 Å². The molecule has 0 aliphatic rings. The van der Waals surface area contributed by atoms with Crippen LogP contribution >= 0.6 is 0 Å². The van der Waals surface area contributed by atoms with Crippen LogP contribution in [0.15, 0.2) is 29.4 Å². The van der Waals surface area contributed by atoms with E-state index in [4.69, 9.17) is 4.74 Å². The smallest absolute Gasteiger partial charge is 0.407 e. The summed E-state index contributed by atoms with van der Waals surface area (Å²) in [7, 11) is 0. The van der Waals surface area contributed by atoms with Crippen LogP contribution in [0.25, 0.3) is 0 Å². The number of aliphatic imine (C=N–C) groups is 1. The summed E-state index contributed by atoms with van der Waals surface area (Å²) in [6.45, 7) is 13.1. The van der Waals surface area contributed by atoms with Gasteiger partial charge in [0.25, 0.3) is 0 Å². The lowest BCUT2D eigenvalue weighted by atomic mass is 10.2. The molecule has 1 N–H and O–H groups in total. The SMILES string of the molecule is C=C/C=C(/C)N=C(C)CNC(=O)OC(C)(C)C. The number of hydrogen-bond donors (Lipinski definition) is 1. The van der Waals surface area contributed by atoms with Crippen LogP contribution in [0.2, 0.25) is 0 Å². The Kier molecular flexibility index (Phi) is 6.25. The molecular weight excluding hydrogens is 216 g/mol. The average Bonchev–Trinajstić information content (AvgIpc) is 2.12. The van der Waals surface area contributed by atoms with Crippen LogP contribution < -0.4 is 5.32 Å². The lowest BCUT2D eigenvalue weighted by molar-refractivity contribution is 0.0536. The largest absolute Gasteiger partial charge is 0.444 e. The molecule has 17 heavy (non-hydrogen) atoms. The predicted octanol–water partition coefficient (Wildman–Crippen LogP) is 3.06. The minimum absolute atomic E-state index is 0.372. The van der Waals surface area contributed by atoms with Gasteiger partial charge < -0.3 is 10.1 Å². The zero-order chi connectivity index (χ0) is 13.5. The molecule has 0 atom stereocenters. The summed E-state index contributed by atoms with van der Waals surface area (Å²) in [6.07, 6.45) is 3.04. The van der Waals surface area contributed by atoms with E-state index in [1.165, 1.54) is 0 Å². The number of alkyl carbamates (subject to hydrolysis) is 1. The average molecular weight is 238 g/mol. The van der Waals surface area contributed by atoms with E-state index in [0.29, 0.717) is 6.54 Å². The third kappa shape index (κ3) is 9.35. The molecule has 0 aromatic carbocycles. The Morgan fingerprint density at radius 3 is 2.47 bits per heavy atom. The molecule has 0 aromatic heterocycles. The Morgan fingerprint density at radius 1 is 1.41 bits per heavy atom. The number of carbonyl (C=O) groups is 1. The number of rotatable bonds is 4. The molecule has 0 fully saturated rings. The maximum atomic E-state index is 11.4. The summed E-state index contributed by atoms with van der Waals surface area (Å²) in [6, 6.07) is 0. The molecule has 0 aromatic rings. The molecule has 0 saturated carbocycles. The molecule has 0 aliphatic carbocycles. The number of allylic oxidation sites excluding steroid dienone is 3. The molecule has 4 nitrogen and oxygen atoms in total. The van der Waals surface area contributed by atoms with E-state index in [1.54, 1.807) is 12.2 Å². The number of amides is 1. The highest BCUT2D eigenvalue weighted by molar-refractivity contribution is 5.87. The van der Waals surface area contributed by atoms with Crippen LogP contribution in [0.5, 0.6) is 0 Å². The van der Waals surface area contributed by atoms with Crippen LogP contribution in [-0.4, -0.2) is 24.0 Å². The Bertz CT molecular complexity index is 336. The van der Waals surface area contributed by atoms with Gasteiger partial charge in [-0.25, -0.2) is 4.79 Å². The summed E-state index contributed by atoms with van der Waals surface area (Å²) >= 11 is 0. The van der Waals surface area contributed by atoms with Gasteiger partial charge in [-0.3, -0.25) is 4.99 Å². The van der Waals surface area contributed by atoms with Crippen molar-refractivity contribution in [3.05, 3.63) is 24.4 Å². The Labute approximate surface area is 103 Å². The first-order chi connectivity index (χ1) is 7.74. The fourth-order valence-electron chi connectivity index (χ4n) is 1.06. The highest BCUT2D eigenvalue weighted by Crippen LogP contribution is 2.06. The molecular formula is C13H22N2O2.